The Bertz CT molecular complexity index is 1020. The van der Waals surface area contributed by atoms with E-state index in [-0.39, 0.29) is 0 Å². The van der Waals surface area contributed by atoms with Crippen LogP contribution in [0.5, 0.6) is 5.75 Å². The van der Waals surface area contributed by atoms with Crippen LogP contribution in [0.25, 0.3) is 6.08 Å². The first-order chi connectivity index (χ1) is 15.5. The lowest BCUT2D eigenvalue weighted by Gasteiger charge is -2.18. The minimum atomic E-state index is -4.66. The average Bonchev–Trinajstić information content (AvgIpc) is 2.77. The number of amides is 2. The van der Waals surface area contributed by atoms with E-state index in [1.165, 1.54) is 45.2 Å². The smallest absolute Gasteiger partial charge is 0.418 e. The van der Waals surface area contributed by atoms with E-state index in [1.54, 1.807) is 24.3 Å². The largest absolute Gasteiger partial charge is 0.497 e. The average molecular weight is 464 g/mol. The zero-order valence-electron chi connectivity index (χ0n) is 18.1. The molecule has 2 atom stereocenters. The van der Waals surface area contributed by atoms with Gasteiger partial charge in [0.2, 0.25) is 5.91 Å². The number of para-hydroxylation sites is 1. The van der Waals surface area contributed by atoms with Gasteiger partial charge in [-0.3, -0.25) is 9.59 Å². The van der Waals surface area contributed by atoms with Crippen molar-refractivity contribution in [3.8, 4) is 5.75 Å². The van der Waals surface area contributed by atoms with Crippen molar-refractivity contribution >= 4 is 29.5 Å². The van der Waals surface area contributed by atoms with Crippen molar-refractivity contribution in [2.24, 2.45) is 0 Å². The highest BCUT2D eigenvalue weighted by molar-refractivity contribution is 5.97. The standard InChI is InChI=1S/C23H23F3N2O5/c1-14(27-20(29)13-10-16-8-11-17(32-3)12-9-16)22(31)33-15(2)21(30)28-19-7-5-4-6-18(19)23(24,25)26/h4-15H,1-3H3,(H,27,29)(H,28,30)/b13-10+/t14-,15?/m0/s1. The normalized spacial score (nSPS) is 13.2. The molecule has 0 spiro atoms. The van der Waals surface area contributed by atoms with Crippen molar-refractivity contribution in [2.75, 3.05) is 12.4 Å². The Kier molecular flexibility index (Phi) is 8.61. The van der Waals surface area contributed by atoms with Gasteiger partial charge in [0.15, 0.2) is 6.10 Å². The second-order valence-electron chi connectivity index (χ2n) is 6.95. The summed E-state index contributed by atoms with van der Waals surface area (Å²) in [6.07, 6.45) is -3.31. The van der Waals surface area contributed by atoms with E-state index in [9.17, 15) is 27.6 Å². The second kappa shape index (κ2) is 11.2. The van der Waals surface area contributed by atoms with Gasteiger partial charge in [0.25, 0.3) is 5.91 Å². The molecular weight excluding hydrogens is 441 g/mol. The quantitative estimate of drug-likeness (QED) is 0.458. The van der Waals surface area contributed by atoms with E-state index < -0.39 is 47.4 Å². The van der Waals surface area contributed by atoms with Crippen molar-refractivity contribution in [3.63, 3.8) is 0 Å². The van der Waals surface area contributed by atoms with Gasteiger partial charge in [-0.2, -0.15) is 13.2 Å². The van der Waals surface area contributed by atoms with Crippen LogP contribution in [-0.4, -0.2) is 37.0 Å². The van der Waals surface area contributed by atoms with Gasteiger partial charge in [-0.25, -0.2) is 4.79 Å². The number of benzene rings is 2. The molecule has 33 heavy (non-hydrogen) atoms. The van der Waals surface area contributed by atoms with Crippen LogP contribution in [0.15, 0.2) is 54.6 Å². The van der Waals surface area contributed by atoms with Crippen LogP contribution in [0.3, 0.4) is 0 Å². The fourth-order valence-corrected chi connectivity index (χ4v) is 2.61. The number of esters is 1. The number of halogens is 3. The minimum Gasteiger partial charge on any atom is -0.497 e. The molecule has 10 heteroatoms. The summed E-state index contributed by atoms with van der Waals surface area (Å²) in [6.45, 7) is 2.56. The number of ether oxygens (including phenoxy) is 2. The molecule has 2 rings (SSSR count). The van der Waals surface area contributed by atoms with Crippen LogP contribution in [0, 0.1) is 0 Å². The Morgan fingerprint density at radius 3 is 2.24 bits per heavy atom. The van der Waals surface area contributed by atoms with Gasteiger partial charge in [-0.1, -0.05) is 24.3 Å². The summed E-state index contributed by atoms with van der Waals surface area (Å²) in [5.41, 5.74) is -0.755. The molecule has 0 bridgehead atoms. The van der Waals surface area contributed by atoms with Gasteiger partial charge in [0.1, 0.15) is 11.8 Å². The van der Waals surface area contributed by atoms with E-state index in [1.807, 2.05) is 0 Å². The van der Waals surface area contributed by atoms with E-state index in [4.69, 9.17) is 9.47 Å². The van der Waals surface area contributed by atoms with Crippen LogP contribution < -0.4 is 15.4 Å². The fraction of sp³-hybridized carbons (Fsp3) is 0.261. The van der Waals surface area contributed by atoms with E-state index in [2.05, 4.69) is 10.6 Å². The lowest BCUT2D eigenvalue weighted by molar-refractivity contribution is -0.155. The van der Waals surface area contributed by atoms with Crippen LogP contribution >= 0.6 is 0 Å². The van der Waals surface area contributed by atoms with Gasteiger partial charge in [-0.15, -0.1) is 0 Å². The van der Waals surface area contributed by atoms with Gasteiger partial charge < -0.3 is 20.1 Å². The number of methoxy groups -OCH3 is 1. The Balaban J connectivity index is 1.89. The summed E-state index contributed by atoms with van der Waals surface area (Å²) in [7, 11) is 1.53. The minimum absolute atomic E-state index is 0.456. The maximum atomic E-state index is 13.1. The van der Waals surface area contributed by atoms with E-state index >= 15 is 0 Å². The van der Waals surface area contributed by atoms with E-state index in [0.29, 0.717) is 5.75 Å². The maximum absolute atomic E-state index is 13.1. The highest BCUT2D eigenvalue weighted by atomic mass is 19.4. The molecule has 0 radical (unpaired) electrons. The van der Waals surface area contributed by atoms with Crippen LogP contribution in [0.2, 0.25) is 0 Å². The highest BCUT2D eigenvalue weighted by Crippen LogP contribution is 2.34. The number of hydrogen-bond acceptors (Lipinski definition) is 5. The molecular formula is C23H23F3N2O5. The van der Waals surface area contributed by atoms with Crippen molar-refractivity contribution in [3.05, 3.63) is 65.7 Å². The molecule has 1 unspecified atom stereocenters. The van der Waals surface area contributed by atoms with Crippen LogP contribution in [0.4, 0.5) is 18.9 Å². The van der Waals surface area contributed by atoms with Gasteiger partial charge >= 0.3 is 12.1 Å². The topological polar surface area (TPSA) is 93.7 Å². The lowest BCUT2D eigenvalue weighted by atomic mass is 10.1. The molecule has 2 amide bonds. The number of carbonyl (C=O) groups is 3. The Morgan fingerprint density at radius 1 is 1.00 bits per heavy atom. The number of carbonyl (C=O) groups excluding carboxylic acids is 3. The molecule has 0 fully saturated rings. The van der Waals surface area contributed by atoms with Crippen LogP contribution in [0.1, 0.15) is 25.0 Å². The number of hydrogen-bond donors (Lipinski definition) is 2. The Morgan fingerprint density at radius 2 is 1.64 bits per heavy atom. The summed E-state index contributed by atoms with van der Waals surface area (Å²) in [6, 6.07) is 10.2. The molecule has 2 aromatic rings. The molecule has 176 valence electrons. The van der Waals surface area contributed by atoms with E-state index in [0.717, 1.165) is 17.7 Å². The third-order valence-electron chi connectivity index (χ3n) is 4.41. The van der Waals surface area contributed by atoms with Gasteiger partial charge in [-0.05, 0) is 49.8 Å². The molecule has 0 aromatic heterocycles. The molecule has 0 aliphatic rings. The van der Waals surface area contributed by atoms with Crippen molar-refractivity contribution in [1.29, 1.82) is 0 Å². The lowest BCUT2D eigenvalue weighted by Crippen LogP contribution is -2.41. The third-order valence-corrected chi connectivity index (χ3v) is 4.41. The Hall–Kier alpha value is -3.82. The van der Waals surface area contributed by atoms with Gasteiger partial charge in [0.05, 0.1) is 18.4 Å². The number of rotatable bonds is 8. The molecule has 0 saturated heterocycles. The second-order valence-corrected chi connectivity index (χ2v) is 6.95. The summed E-state index contributed by atoms with van der Waals surface area (Å²) < 4.78 is 49.2. The molecule has 0 aliphatic heterocycles. The molecule has 2 N–H and O–H groups in total. The van der Waals surface area contributed by atoms with Crippen molar-refractivity contribution in [1.82, 2.24) is 5.32 Å². The molecule has 0 saturated carbocycles. The third kappa shape index (κ3) is 7.67. The number of nitrogens with one attached hydrogen (secondary N) is 2. The first kappa shape index (κ1) is 25.4. The summed E-state index contributed by atoms with van der Waals surface area (Å²) in [4.78, 5) is 36.4. The first-order valence-corrected chi connectivity index (χ1v) is 9.81. The molecule has 0 aliphatic carbocycles. The summed E-state index contributed by atoms with van der Waals surface area (Å²) >= 11 is 0. The first-order valence-electron chi connectivity index (χ1n) is 9.81. The Labute approximate surface area is 188 Å². The van der Waals surface area contributed by atoms with Crippen LogP contribution in [-0.2, 0) is 25.3 Å². The molecule has 0 heterocycles. The SMILES string of the molecule is COc1ccc(/C=C/C(=O)N[C@@H](C)C(=O)OC(C)C(=O)Nc2ccccc2C(F)(F)F)cc1. The zero-order chi connectivity index (χ0) is 24.6. The monoisotopic (exact) mass is 464 g/mol. The highest BCUT2D eigenvalue weighted by Gasteiger charge is 2.34. The predicted molar refractivity (Wildman–Crippen MR) is 115 cm³/mol. The predicted octanol–water partition coefficient (Wildman–Crippen LogP) is 3.80. The number of alkyl halides is 3. The molecule has 2 aromatic carbocycles. The number of anilines is 1. The fourth-order valence-electron chi connectivity index (χ4n) is 2.61. The van der Waals surface area contributed by atoms with Gasteiger partial charge in [0, 0.05) is 6.08 Å². The summed E-state index contributed by atoms with van der Waals surface area (Å²) in [5, 5.41) is 4.49. The zero-order valence-corrected chi connectivity index (χ0v) is 18.1. The summed E-state index contributed by atoms with van der Waals surface area (Å²) in [5.74, 6) is -1.79. The molecule has 7 nitrogen and oxygen atoms in total. The maximum Gasteiger partial charge on any atom is 0.418 e. The van der Waals surface area contributed by atoms with Crippen molar-refractivity contribution < 1.29 is 37.0 Å². The van der Waals surface area contributed by atoms with Crippen molar-refractivity contribution in [2.45, 2.75) is 32.2 Å².